The van der Waals surface area contributed by atoms with Gasteiger partial charge in [0.15, 0.2) is 17.2 Å². The second-order valence-electron chi connectivity index (χ2n) is 4.15. The van der Waals surface area contributed by atoms with E-state index in [2.05, 4.69) is 18.2 Å². The average molecular weight is 287 g/mol. The van der Waals surface area contributed by atoms with Gasteiger partial charge in [0, 0.05) is 11.1 Å². The Balaban J connectivity index is 3.24. The number of aliphatic imine (C=N–C) groups is 1. The van der Waals surface area contributed by atoms with Crippen LogP contribution < -0.4 is 9.47 Å². The normalized spacial score (nSPS) is 9.24. The number of hydrogen-bond acceptors (Lipinski definition) is 6. The summed E-state index contributed by atoms with van der Waals surface area (Å²) < 4.78 is 10.0. The second-order valence-corrected chi connectivity index (χ2v) is 4.15. The topological polar surface area (TPSA) is 82.0 Å². The van der Waals surface area contributed by atoms with Gasteiger partial charge in [0.25, 0.3) is 0 Å². The number of esters is 2. The minimum Gasteiger partial charge on any atom is -0.421 e. The number of ether oxygens (including phenoxy) is 2. The van der Waals surface area contributed by atoms with Crippen molar-refractivity contribution in [3.63, 3.8) is 0 Å². The molecule has 6 nitrogen and oxygen atoms in total. The van der Waals surface area contributed by atoms with Crippen LogP contribution in [0.25, 0.3) is 0 Å². The number of rotatable bonds is 5. The van der Waals surface area contributed by atoms with E-state index in [4.69, 9.17) is 9.47 Å². The summed E-state index contributed by atoms with van der Waals surface area (Å²) in [5.74, 6) is -1.47. The number of carbonyl (C=O) groups is 2. The molecule has 1 aromatic carbocycles. The first-order valence-corrected chi connectivity index (χ1v) is 5.83. The van der Waals surface area contributed by atoms with E-state index in [1.165, 1.54) is 38.1 Å². The molecule has 0 radical (unpaired) electrons. The van der Waals surface area contributed by atoms with Crippen molar-refractivity contribution in [2.24, 2.45) is 4.99 Å². The molecule has 0 saturated carbocycles. The Kier molecular flexibility index (Phi) is 5.34. The van der Waals surface area contributed by atoms with Gasteiger partial charge in [0.2, 0.25) is 6.08 Å². The van der Waals surface area contributed by atoms with Crippen LogP contribution in [0.2, 0.25) is 0 Å². The van der Waals surface area contributed by atoms with Crippen molar-refractivity contribution in [2.45, 2.75) is 13.8 Å². The molecule has 0 N–H and O–H groups in total. The van der Waals surface area contributed by atoms with Crippen molar-refractivity contribution in [3.05, 3.63) is 42.5 Å². The zero-order chi connectivity index (χ0) is 16.0. The summed E-state index contributed by atoms with van der Waals surface area (Å²) in [5.41, 5.74) is 0.220. The highest BCUT2D eigenvalue weighted by Gasteiger charge is 2.17. The fraction of sp³-hybridized carbons (Fsp3) is 0.133. The van der Waals surface area contributed by atoms with Crippen LogP contribution in [-0.4, -0.2) is 18.0 Å². The van der Waals surface area contributed by atoms with Crippen molar-refractivity contribution in [3.8, 4) is 11.5 Å². The number of nitrogens with zero attached hydrogens (tertiary/aromatic N) is 1. The molecule has 0 heterocycles. The van der Waals surface area contributed by atoms with E-state index in [9.17, 15) is 14.4 Å². The Bertz CT molecular complexity index is 622. The summed E-state index contributed by atoms with van der Waals surface area (Å²) in [6, 6.07) is 4.27. The Morgan fingerprint density at radius 3 is 1.81 bits per heavy atom. The van der Waals surface area contributed by atoms with Crippen LogP contribution in [0, 0.1) is 0 Å². The third-order valence-electron chi connectivity index (χ3n) is 2.22. The minimum absolute atomic E-state index is 0.0432. The van der Waals surface area contributed by atoms with Crippen LogP contribution in [0.1, 0.15) is 13.8 Å². The largest absolute Gasteiger partial charge is 0.421 e. The lowest BCUT2D eigenvalue weighted by Crippen LogP contribution is -2.10. The molecule has 0 aromatic heterocycles. The zero-order valence-electron chi connectivity index (χ0n) is 11.6. The van der Waals surface area contributed by atoms with Gasteiger partial charge in [-0.1, -0.05) is 19.2 Å². The third kappa shape index (κ3) is 4.26. The third-order valence-corrected chi connectivity index (χ3v) is 2.22. The summed E-state index contributed by atoms with van der Waals surface area (Å²) >= 11 is 0. The standard InChI is InChI=1S/C15H13NO5/c1-9(2)14(18)20-11-6-5-7-12(13(11)16-8-17)21-15(19)10(3)4/h5-7H,1,3H2,2,4H3. The van der Waals surface area contributed by atoms with E-state index in [0.717, 1.165) is 0 Å². The molecule has 0 bridgehead atoms. The maximum Gasteiger partial charge on any atom is 0.338 e. The van der Waals surface area contributed by atoms with Gasteiger partial charge in [-0.2, -0.15) is 4.99 Å². The Hall–Kier alpha value is -2.98. The summed E-state index contributed by atoms with van der Waals surface area (Å²) in [7, 11) is 0. The van der Waals surface area contributed by atoms with E-state index < -0.39 is 11.9 Å². The van der Waals surface area contributed by atoms with Crippen molar-refractivity contribution in [2.75, 3.05) is 0 Å². The van der Waals surface area contributed by atoms with E-state index in [0.29, 0.717) is 0 Å². The molecule has 0 aliphatic carbocycles. The molecule has 6 heteroatoms. The summed E-state index contributed by atoms with van der Waals surface area (Å²) in [4.78, 5) is 37.0. The van der Waals surface area contributed by atoms with E-state index >= 15 is 0 Å². The SMILES string of the molecule is C=C(C)C(=O)Oc1cccc(OC(=O)C(=C)C)c1N=C=O. The lowest BCUT2D eigenvalue weighted by atomic mass is 10.2. The first kappa shape index (κ1) is 16.1. The minimum atomic E-state index is -0.694. The fourth-order valence-electron chi connectivity index (χ4n) is 1.20. The number of carbonyl (C=O) groups excluding carboxylic acids is 3. The lowest BCUT2D eigenvalue weighted by Gasteiger charge is -2.10. The molecule has 0 saturated heterocycles. The van der Waals surface area contributed by atoms with Crippen LogP contribution in [0.5, 0.6) is 11.5 Å². The van der Waals surface area contributed by atoms with Gasteiger partial charge in [0.05, 0.1) is 0 Å². The molecule has 0 unspecified atom stereocenters. The molecule has 108 valence electrons. The van der Waals surface area contributed by atoms with E-state index in [1.807, 2.05) is 0 Å². The van der Waals surface area contributed by atoms with Crippen LogP contribution >= 0.6 is 0 Å². The number of para-hydroxylation sites is 1. The van der Waals surface area contributed by atoms with Gasteiger partial charge in [-0.05, 0) is 26.0 Å². The second kappa shape index (κ2) is 6.98. The first-order valence-electron chi connectivity index (χ1n) is 5.83. The van der Waals surface area contributed by atoms with Crippen LogP contribution in [0.4, 0.5) is 5.69 Å². The van der Waals surface area contributed by atoms with Crippen LogP contribution in [0.3, 0.4) is 0 Å². The first-order chi connectivity index (χ1) is 9.86. The van der Waals surface area contributed by atoms with E-state index in [1.54, 1.807) is 0 Å². The number of isocyanates is 1. The van der Waals surface area contributed by atoms with Gasteiger partial charge >= 0.3 is 11.9 Å². The highest BCUT2D eigenvalue weighted by molar-refractivity contribution is 5.91. The molecule has 1 aromatic rings. The summed E-state index contributed by atoms with van der Waals surface area (Å²) in [6.07, 6.45) is 1.32. The molecule has 21 heavy (non-hydrogen) atoms. The molecule has 0 aliphatic heterocycles. The van der Waals surface area contributed by atoms with Crippen LogP contribution in [-0.2, 0) is 14.4 Å². The predicted molar refractivity (Wildman–Crippen MR) is 75.1 cm³/mol. The summed E-state index contributed by atoms with van der Waals surface area (Å²) in [6.45, 7) is 9.82. The highest BCUT2D eigenvalue weighted by atomic mass is 16.5. The van der Waals surface area contributed by atoms with Gasteiger partial charge in [0.1, 0.15) is 0 Å². The van der Waals surface area contributed by atoms with Crippen molar-refractivity contribution in [1.82, 2.24) is 0 Å². The molecule has 0 spiro atoms. The molecule has 0 fully saturated rings. The molecule has 0 aliphatic rings. The molecular weight excluding hydrogens is 274 g/mol. The monoisotopic (exact) mass is 287 g/mol. The van der Waals surface area contributed by atoms with Gasteiger partial charge in [-0.3, -0.25) is 0 Å². The smallest absolute Gasteiger partial charge is 0.338 e. The highest BCUT2D eigenvalue weighted by Crippen LogP contribution is 2.37. The van der Waals surface area contributed by atoms with E-state index in [-0.39, 0.29) is 28.3 Å². The van der Waals surface area contributed by atoms with Gasteiger partial charge < -0.3 is 9.47 Å². The maximum absolute atomic E-state index is 11.5. The van der Waals surface area contributed by atoms with Crippen molar-refractivity contribution < 1.29 is 23.9 Å². The Morgan fingerprint density at radius 1 is 1.05 bits per heavy atom. The lowest BCUT2D eigenvalue weighted by molar-refractivity contribution is -0.130. The van der Waals surface area contributed by atoms with Gasteiger partial charge in [-0.25, -0.2) is 14.4 Å². The zero-order valence-corrected chi connectivity index (χ0v) is 11.6. The predicted octanol–water partition coefficient (Wildman–Crippen LogP) is 2.62. The number of benzene rings is 1. The summed E-state index contributed by atoms with van der Waals surface area (Å²) in [5, 5.41) is 0. The molecular formula is C15H13NO5. The molecule has 0 amide bonds. The van der Waals surface area contributed by atoms with Gasteiger partial charge in [-0.15, -0.1) is 0 Å². The van der Waals surface area contributed by atoms with Crippen LogP contribution in [0.15, 0.2) is 47.5 Å². The maximum atomic E-state index is 11.5. The average Bonchev–Trinajstić information content (AvgIpc) is 2.41. The van der Waals surface area contributed by atoms with Crippen molar-refractivity contribution in [1.29, 1.82) is 0 Å². The number of hydrogen-bond donors (Lipinski definition) is 0. The fourth-order valence-corrected chi connectivity index (χ4v) is 1.20. The molecule has 1 rings (SSSR count). The Morgan fingerprint density at radius 2 is 1.48 bits per heavy atom. The van der Waals surface area contributed by atoms with Crippen molar-refractivity contribution >= 4 is 23.7 Å². The quantitative estimate of drug-likeness (QED) is 0.273. The Labute approximate surface area is 121 Å². The molecule has 0 atom stereocenters.